The molecule has 0 fully saturated rings. The van der Waals surface area contributed by atoms with E-state index in [2.05, 4.69) is 36.2 Å². The molecular formula is C15H12ClNS2. The first-order chi connectivity index (χ1) is 9.22. The van der Waals surface area contributed by atoms with Crippen molar-refractivity contribution in [3.63, 3.8) is 0 Å². The van der Waals surface area contributed by atoms with Gasteiger partial charge in [0.2, 0.25) is 0 Å². The van der Waals surface area contributed by atoms with Crippen molar-refractivity contribution in [2.24, 2.45) is 0 Å². The fourth-order valence-corrected chi connectivity index (χ4v) is 4.36. The summed E-state index contributed by atoms with van der Waals surface area (Å²) in [5, 5.41) is 1.14. The molecule has 1 atom stereocenters. The van der Waals surface area contributed by atoms with Gasteiger partial charge in [-0.2, -0.15) is 0 Å². The highest BCUT2D eigenvalue weighted by atomic mass is 35.5. The summed E-state index contributed by atoms with van der Waals surface area (Å²) in [7, 11) is 0. The highest BCUT2D eigenvalue weighted by molar-refractivity contribution is 8.01. The topological polar surface area (TPSA) is 12.9 Å². The second-order valence-corrected chi connectivity index (χ2v) is 7.32. The van der Waals surface area contributed by atoms with Crippen LogP contribution in [-0.2, 0) is 0 Å². The molecule has 0 aliphatic heterocycles. The molecule has 0 radical (unpaired) electrons. The second kappa shape index (κ2) is 5.53. The van der Waals surface area contributed by atoms with Gasteiger partial charge in [-0.05, 0) is 30.7 Å². The number of thioether (sulfide) groups is 1. The first-order valence-corrected chi connectivity index (χ1v) is 8.07. The van der Waals surface area contributed by atoms with Gasteiger partial charge in [-0.25, -0.2) is 4.98 Å². The summed E-state index contributed by atoms with van der Waals surface area (Å²) in [4.78, 5) is 4.64. The molecule has 0 N–H and O–H groups in total. The lowest BCUT2D eigenvalue weighted by Crippen LogP contribution is -1.86. The Morgan fingerprint density at radius 2 is 1.95 bits per heavy atom. The van der Waals surface area contributed by atoms with Gasteiger partial charge in [0.25, 0.3) is 0 Å². The fraction of sp³-hybridized carbons (Fsp3) is 0.133. The molecule has 1 heterocycles. The molecule has 0 unspecified atom stereocenters. The number of thiazole rings is 1. The van der Waals surface area contributed by atoms with Gasteiger partial charge in [0.05, 0.1) is 10.2 Å². The summed E-state index contributed by atoms with van der Waals surface area (Å²) in [5.74, 6) is 0. The van der Waals surface area contributed by atoms with Gasteiger partial charge in [-0.1, -0.05) is 53.7 Å². The standard InChI is InChI=1S/C15H12ClNS2/c1-10(11-5-3-2-4-6-11)18-15-17-13-9-12(16)7-8-14(13)19-15/h2-10H,1H3/t10-/m0/s1. The Balaban J connectivity index is 1.85. The highest BCUT2D eigenvalue weighted by Crippen LogP contribution is 2.39. The van der Waals surface area contributed by atoms with Crippen molar-refractivity contribution in [1.82, 2.24) is 4.98 Å². The van der Waals surface area contributed by atoms with Gasteiger partial charge in [0.15, 0.2) is 4.34 Å². The largest absolute Gasteiger partial charge is 0.230 e. The third-order valence-electron chi connectivity index (χ3n) is 2.88. The van der Waals surface area contributed by atoms with Crippen LogP contribution in [0.1, 0.15) is 17.7 Å². The second-order valence-electron chi connectivity index (χ2n) is 4.26. The van der Waals surface area contributed by atoms with E-state index >= 15 is 0 Å². The average molecular weight is 306 g/mol. The van der Waals surface area contributed by atoms with Gasteiger partial charge in [0.1, 0.15) is 0 Å². The lowest BCUT2D eigenvalue weighted by molar-refractivity contribution is 1.09. The van der Waals surface area contributed by atoms with Crippen molar-refractivity contribution in [3.05, 3.63) is 59.1 Å². The lowest BCUT2D eigenvalue weighted by Gasteiger charge is -2.08. The van der Waals surface area contributed by atoms with Crippen molar-refractivity contribution in [1.29, 1.82) is 0 Å². The lowest BCUT2D eigenvalue weighted by atomic mass is 10.2. The van der Waals surface area contributed by atoms with Gasteiger partial charge < -0.3 is 0 Å². The molecule has 1 aromatic heterocycles. The molecule has 0 saturated carbocycles. The maximum absolute atomic E-state index is 5.99. The Morgan fingerprint density at radius 1 is 1.16 bits per heavy atom. The SMILES string of the molecule is C[C@H](Sc1nc2cc(Cl)ccc2s1)c1ccccc1. The van der Waals surface area contributed by atoms with Crippen LogP contribution >= 0.6 is 34.7 Å². The molecule has 0 spiro atoms. The van der Waals surface area contributed by atoms with Crippen LogP contribution in [0.5, 0.6) is 0 Å². The average Bonchev–Trinajstić information content (AvgIpc) is 2.81. The molecule has 19 heavy (non-hydrogen) atoms. The van der Waals surface area contributed by atoms with Crippen molar-refractivity contribution in [3.8, 4) is 0 Å². The first-order valence-electron chi connectivity index (χ1n) is 6.00. The van der Waals surface area contributed by atoms with Gasteiger partial charge in [-0.15, -0.1) is 11.3 Å². The smallest absolute Gasteiger partial charge is 0.151 e. The van der Waals surface area contributed by atoms with E-state index in [1.165, 1.54) is 10.3 Å². The van der Waals surface area contributed by atoms with E-state index in [0.717, 1.165) is 14.9 Å². The summed E-state index contributed by atoms with van der Waals surface area (Å²) in [6.45, 7) is 2.21. The van der Waals surface area contributed by atoms with E-state index in [-0.39, 0.29) is 0 Å². The molecule has 0 aliphatic rings. The number of rotatable bonds is 3. The number of halogens is 1. The molecule has 96 valence electrons. The molecule has 2 aromatic carbocycles. The summed E-state index contributed by atoms with van der Waals surface area (Å²) >= 11 is 9.50. The van der Waals surface area contributed by atoms with E-state index in [0.29, 0.717) is 5.25 Å². The minimum absolute atomic E-state index is 0.400. The minimum atomic E-state index is 0.400. The summed E-state index contributed by atoms with van der Waals surface area (Å²) < 4.78 is 2.28. The zero-order chi connectivity index (χ0) is 13.2. The van der Waals surface area contributed by atoms with Crippen LogP contribution in [0.25, 0.3) is 10.2 Å². The normalized spacial score (nSPS) is 12.7. The quantitative estimate of drug-likeness (QED) is 0.567. The van der Waals surface area contributed by atoms with Crippen LogP contribution in [0, 0.1) is 0 Å². The zero-order valence-electron chi connectivity index (χ0n) is 10.3. The maximum Gasteiger partial charge on any atom is 0.151 e. The molecule has 3 rings (SSSR count). The Bertz CT molecular complexity index is 694. The van der Waals surface area contributed by atoms with Crippen LogP contribution < -0.4 is 0 Å². The van der Waals surface area contributed by atoms with Crippen molar-refractivity contribution >= 4 is 44.9 Å². The molecule has 4 heteroatoms. The monoisotopic (exact) mass is 305 g/mol. The Morgan fingerprint density at radius 3 is 2.74 bits per heavy atom. The molecule has 0 aliphatic carbocycles. The number of fused-ring (bicyclic) bond motifs is 1. The number of nitrogens with zero attached hydrogens (tertiary/aromatic N) is 1. The van der Waals surface area contributed by atoms with Gasteiger partial charge in [0, 0.05) is 10.3 Å². The third-order valence-corrected chi connectivity index (χ3v) is 5.40. The van der Waals surface area contributed by atoms with E-state index in [1.807, 2.05) is 24.3 Å². The molecule has 0 amide bonds. The Labute approximate surface area is 125 Å². The summed E-state index contributed by atoms with van der Waals surface area (Å²) in [6, 6.07) is 16.4. The molecule has 0 saturated heterocycles. The predicted molar refractivity (Wildman–Crippen MR) is 85.3 cm³/mol. The predicted octanol–water partition coefficient (Wildman–Crippen LogP) is 5.80. The first kappa shape index (κ1) is 13.0. The van der Waals surface area contributed by atoms with Crippen LogP contribution in [0.3, 0.4) is 0 Å². The highest BCUT2D eigenvalue weighted by Gasteiger charge is 2.11. The molecular weight excluding hydrogens is 294 g/mol. The number of aromatic nitrogens is 1. The van der Waals surface area contributed by atoms with E-state index in [9.17, 15) is 0 Å². The number of benzene rings is 2. The maximum atomic E-state index is 5.99. The fourth-order valence-electron chi connectivity index (χ4n) is 1.87. The van der Waals surface area contributed by atoms with Gasteiger partial charge in [-0.3, -0.25) is 0 Å². The zero-order valence-corrected chi connectivity index (χ0v) is 12.7. The summed E-state index contributed by atoms with van der Waals surface area (Å²) in [6.07, 6.45) is 0. The van der Waals surface area contributed by atoms with Crippen LogP contribution in [0.15, 0.2) is 52.9 Å². The van der Waals surface area contributed by atoms with Crippen LogP contribution in [0.2, 0.25) is 5.02 Å². The number of hydrogen-bond donors (Lipinski definition) is 0. The van der Waals surface area contributed by atoms with E-state index < -0.39 is 0 Å². The molecule has 3 aromatic rings. The van der Waals surface area contributed by atoms with Crippen LogP contribution in [0.4, 0.5) is 0 Å². The Kier molecular flexibility index (Phi) is 3.78. The van der Waals surface area contributed by atoms with Crippen molar-refractivity contribution in [2.45, 2.75) is 16.5 Å². The third kappa shape index (κ3) is 2.94. The molecule has 0 bridgehead atoms. The minimum Gasteiger partial charge on any atom is -0.230 e. The van der Waals surface area contributed by atoms with Crippen molar-refractivity contribution in [2.75, 3.05) is 0 Å². The number of hydrogen-bond acceptors (Lipinski definition) is 3. The van der Waals surface area contributed by atoms with E-state index in [4.69, 9.17) is 11.6 Å². The Hall–Kier alpha value is -1.03. The van der Waals surface area contributed by atoms with Gasteiger partial charge >= 0.3 is 0 Å². The van der Waals surface area contributed by atoms with E-state index in [1.54, 1.807) is 23.1 Å². The molecule has 1 nitrogen and oxygen atoms in total. The van der Waals surface area contributed by atoms with Crippen LogP contribution in [-0.4, -0.2) is 4.98 Å². The summed E-state index contributed by atoms with van der Waals surface area (Å²) in [5.41, 5.74) is 2.31. The van der Waals surface area contributed by atoms with Crippen molar-refractivity contribution < 1.29 is 0 Å².